The second-order valence-corrected chi connectivity index (χ2v) is 19.9. The highest BCUT2D eigenvalue weighted by atomic mass is 79.9. The summed E-state index contributed by atoms with van der Waals surface area (Å²) in [7, 11) is 0. The summed E-state index contributed by atoms with van der Waals surface area (Å²) in [6.45, 7) is 33.2. The van der Waals surface area contributed by atoms with Gasteiger partial charge in [0.2, 0.25) is 0 Å². The molecule has 304 valence electrons. The van der Waals surface area contributed by atoms with E-state index in [0.717, 1.165) is 59.4 Å². The van der Waals surface area contributed by atoms with Crippen LogP contribution in [0.1, 0.15) is 168 Å². The molecule has 0 aliphatic carbocycles. The maximum Gasteiger partial charge on any atom is 0.271 e. The molecular formula is C46H67BrN2O6. The molecular weight excluding hydrogens is 756 g/mol. The quantitative estimate of drug-likeness (QED) is 0.0724. The van der Waals surface area contributed by atoms with Gasteiger partial charge in [0.05, 0.1) is 28.7 Å². The van der Waals surface area contributed by atoms with Gasteiger partial charge in [-0.05, 0) is 92.7 Å². The lowest BCUT2D eigenvalue weighted by Crippen LogP contribution is -2.40. The van der Waals surface area contributed by atoms with Gasteiger partial charge in [-0.25, -0.2) is 0 Å². The number of nitrogens with zero attached hydrogens (tertiary/aromatic N) is 2. The van der Waals surface area contributed by atoms with Crippen molar-refractivity contribution in [2.45, 2.75) is 163 Å². The molecule has 0 aliphatic rings. The number of hydrogen-bond acceptors (Lipinski definition) is 7. The summed E-state index contributed by atoms with van der Waals surface area (Å²) >= 11 is 3.26. The number of aliphatic hydroxyl groups is 1. The van der Waals surface area contributed by atoms with Crippen molar-refractivity contribution in [2.75, 3.05) is 13.2 Å². The molecule has 3 aromatic carbocycles. The highest BCUT2D eigenvalue weighted by Crippen LogP contribution is 2.49. The van der Waals surface area contributed by atoms with Gasteiger partial charge < -0.3 is 19.7 Å². The fourth-order valence-corrected chi connectivity index (χ4v) is 7.10. The number of nitro groups is 1. The third-order valence-electron chi connectivity index (χ3n) is 10.1. The number of unbranched alkanes of at least 4 members (excludes halogenated alkanes) is 2. The molecule has 0 aromatic heterocycles. The Balaban J connectivity index is 2.59. The standard InChI is InChI=1S/C46H67BrN2O6/c1-16-18-20-54-40-34(42(4,5)6)23-31(24-35(40)43(7,8)9)46(51,29(3)48-28-30-22-33(49(52)53)27-38(47)39(30)50)32-25-36(44(10,11)12)41(55-21-19-17-2)37(26-32)45(13,14)15/h22-29,50-51H,16-21H2,1-15H3. The summed E-state index contributed by atoms with van der Waals surface area (Å²) in [5.74, 6) is 1.50. The normalized spacial score (nSPS) is 13.7. The molecule has 0 saturated heterocycles. The molecule has 0 aliphatic heterocycles. The molecule has 9 heteroatoms. The van der Waals surface area contributed by atoms with Crippen molar-refractivity contribution < 1.29 is 24.6 Å². The summed E-state index contributed by atoms with van der Waals surface area (Å²) in [6, 6.07) is 9.99. The van der Waals surface area contributed by atoms with Gasteiger partial charge in [-0.1, -0.05) is 110 Å². The van der Waals surface area contributed by atoms with Gasteiger partial charge in [-0.15, -0.1) is 0 Å². The van der Waals surface area contributed by atoms with Gasteiger partial charge in [-0.3, -0.25) is 15.1 Å². The first-order valence-corrected chi connectivity index (χ1v) is 20.6. The molecule has 0 amide bonds. The summed E-state index contributed by atoms with van der Waals surface area (Å²) in [5, 5.41) is 36.5. The van der Waals surface area contributed by atoms with E-state index in [1.165, 1.54) is 18.3 Å². The third kappa shape index (κ3) is 10.7. The molecule has 0 saturated carbocycles. The minimum Gasteiger partial charge on any atom is -0.506 e. The van der Waals surface area contributed by atoms with E-state index in [0.29, 0.717) is 24.3 Å². The Bertz CT molecular complexity index is 1690. The number of phenols is 1. The minimum atomic E-state index is -1.73. The van der Waals surface area contributed by atoms with Crippen LogP contribution in [-0.4, -0.2) is 40.6 Å². The van der Waals surface area contributed by atoms with Crippen LogP contribution in [0.5, 0.6) is 17.2 Å². The molecule has 0 heterocycles. The fourth-order valence-electron chi connectivity index (χ4n) is 6.63. The first kappa shape index (κ1) is 46.0. The van der Waals surface area contributed by atoms with E-state index >= 15 is 0 Å². The summed E-state index contributed by atoms with van der Waals surface area (Å²) in [4.78, 5) is 16.2. The molecule has 0 spiro atoms. The Kier molecular flexibility index (Phi) is 14.5. The zero-order chi connectivity index (χ0) is 41.9. The van der Waals surface area contributed by atoms with Gasteiger partial charge in [0, 0.05) is 46.2 Å². The number of benzene rings is 3. The topological polar surface area (TPSA) is 114 Å². The average molecular weight is 824 g/mol. The lowest BCUT2D eigenvalue weighted by atomic mass is 9.71. The lowest BCUT2D eigenvalue weighted by molar-refractivity contribution is -0.385. The largest absolute Gasteiger partial charge is 0.506 e. The number of halogens is 1. The second-order valence-electron chi connectivity index (χ2n) is 19.0. The Morgan fingerprint density at radius 2 is 1.09 bits per heavy atom. The predicted octanol–water partition coefficient (Wildman–Crippen LogP) is 12.4. The van der Waals surface area contributed by atoms with Crippen molar-refractivity contribution in [2.24, 2.45) is 4.99 Å². The van der Waals surface area contributed by atoms with Crippen molar-refractivity contribution in [1.29, 1.82) is 0 Å². The van der Waals surface area contributed by atoms with Gasteiger partial charge in [-0.2, -0.15) is 0 Å². The lowest BCUT2D eigenvalue weighted by Gasteiger charge is -2.39. The number of hydrogen-bond donors (Lipinski definition) is 2. The number of rotatable bonds is 14. The maximum atomic E-state index is 13.8. The smallest absolute Gasteiger partial charge is 0.271 e. The second kappa shape index (κ2) is 17.4. The molecule has 3 rings (SSSR count). The van der Waals surface area contributed by atoms with Crippen LogP contribution in [0.25, 0.3) is 0 Å². The number of non-ortho nitro benzene ring substituents is 1. The number of nitro benzene ring substituents is 1. The van der Waals surface area contributed by atoms with E-state index in [4.69, 9.17) is 14.5 Å². The number of aromatic hydroxyl groups is 1. The fraction of sp³-hybridized carbons (Fsp3) is 0.587. The molecule has 3 aromatic rings. The first-order valence-electron chi connectivity index (χ1n) is 19.8. The molecule has 55 heavy (non-hydrogen) atoms. The van der Waals surface area contributed by atoms with E-state index in [2.05, 4.69) is 137 Å². The number of aliphatic imine (C=N–C) groups is 1. The monoisotopic (exact) mass is 822 g/mol. The molecule has 8 nitrogen and oxygen atoms in total. The molecule has 1 unspecified atom stereocenters. The Morgan fingerprint density at radius 3 is 1.40 bits per heavy atom. The summed E-state index contributed by atoms with van der Waals surface area (Å²) < 4.78 is 13.4. The highest BCUT2D eigenvalue weighted by Gasteiger charge is 2.43. The first-order chi connectivity index (χ1) is 25.2. The van der Waals surface area contributed by atoms with E-state index in [1.54, 1.807) is 0 Å². The third-order valence-corrected chi connectivity index (χ3v) is 10.7. The van der Waals surface area contributed by atoms with Crippen LogP contribution in [0.2, 0.25) is 0 Å². The van der Waals surface area contributed by atoms with Crippen LogP contribution in [0.4, 0.5) is 5.69 Å². The summed E-state index contributed by atoms with van der Waals surface area (Å²) in [5.41, 5.74) is 2.05. The van der Waals surface area contributed by atoms with E-state index in [9.17, 15) is 20.3 Å². The molecule has 0 radical (unpaired) electrons. The number of phenolic OH excluding ortho intramolecular Hbond substituents is 1. The van der Waals surface area contributed by atoms with Crippen LogP contribution in [0.3, 0.4) is 0 Å². The van der Waals surface area contributed by atoms with E-state index < -0.39 is 16.6 Å². The van der Waals surface area contributed by atoms with Gasteiger partial charge in [0.1, 0.15) is 22.8 Å². The molecule has 1 atom stereocenters. The predicted molar refractivity (Wildman–Crippen MR) is 231 cm³/mol. The van der Waals surface area contributed by atoms with Crippen molar-refractivity contribution in [3.8, 4) is 17.2 Å². The maximum absolute atomic E-state index is 13.8. The van der Waals surface area contributed by atoms with Crippen molar-refractivity contribution in [3.05, 3.63) is 89.9 Å². The zero-order valence-electron chi connectivity index (χ0n) is 36.2. The molecule has 2 N–H and O–H groups in total. The molecule has 0 bridgehead atoms. The van der Waals surface area contributed by atoms with Crippen LogP contribution < -0.4 is 9.47 Å². The van der Waals surface area contributed by atoms with Crippen LogP contribution in [0, 0.1) is 10.1 Å². The Morgan fingerprint density at radius 1 is 0.727 bits per heavy atom. The summed E-state index contributed by atoms with van der Waals surface area (Å²) in [6.07, 6.45) is 5.26. The molecule has 0 fully saturated rings. The minimum absolute atomic E-state index is 0.158. The average Bonchev–Trinajstić information content (AvgIpc) is 3.06. The van der Waals surface area contributed by atoms with Crippen molar-refractivity contribution in [1.82, 2.24) is 0 Å². The van der Waals surface area contributed by atoms with Crippen LogP contribution >= 0.6 is 15.9 Å². The van der Waals surface area contributed by atoms with Gasteiger partial charge >= 0.3 is 0 Å². The van der Waals surface area contributed by atoms with E-state index in [1.807, 2.05) is 6.92 Å². The number of ether oxygens (including phenoxy) is 2. The van der Waals surface area contributed by atoms with Crippen LogP contribution in [0.15, 0.2) is 45.9 Å². The Hall–Kier alpha value is -3.43. The van der Waals surface area contributed by atoms with Gasteiger partial charge in [0.25, 0.3) is 5.69 Å². The zero-order valence-corrected chi connectivity index (χ0v) is 37.7. The highest BCUT2D eigenvalue weighted by molar-refractivity contribution is 9.10. The van der Waals surface area contributed by atoms with Crippen LogP contribution in [-0.2, 0) is 27.3 Å². The SMILES string of the molecule is CCCCOc1c(C(C)(C)C)cc(C(O)(c2cc(C(C)(C)C)c(OCCCC)c(C(C)(C)C)c2)C(C)N=Cc2cc([N+](=O)[O-])cc(Br)c2O)cc1C(C)(C)C. The van der Waals surface area contributed by atoms with Crippen molar-refractivity contribution >= 4 is 27.8 Å². The van der Waals surface area contributed by atoms with E-state index in [-0.39, 0.29) is 43.1 Å². The van der Waals surface area contributed by atoms with Gasteiger partial charge in [0.15, 0.2) is 0 Å². The van der Waals surface area contributed by atoms with Crippen molar-refractivity contribution in [3.63, 3.8) is 0 Å². The Labute approximate surface area is 339 Å².